The van der Waals surface area contributed by atoms with Crippen molar-refractivity contribution in [1.82, 2.24) is 14.5 Å². The Kier molecular flexibility index (Phi) is 4.52. The average molecular weight is 327 g/mol. The standard InChI is InChI=1S/C19H25N3O2/c23-18(21-10-3-1-2-4-11-21)14-22-16(17-8-6-12-24-17)13-15-7-5-9-20-19(15)22/h5,7,9,13,17H,1-4,6,8,10-12,14H2/t17-/m1/s1. The summed E-state index contributed by atoms with van der Waals surface area (Å²) >= 11 is 0. The number of hydrogen-bond acceptors (Lipinski definition) is 3. The lowest BCUT2D eigenvalue weighted by Crippen LogP contribution is -2.35. The van der Waals surface area contributed by atoms with Crippen LogP contribution in [0.4, 0.5) is 0 Å². The predicted octanol–water partition coefficient (Wildman–Crippen LogP) is 3.29. The maximum Gasteiger partial charge on any atom is 0.242 e. The number of pyridine rings is 1. The summed E-state index contributed by atoms with van der Waals surface area (Å²) in [5, 5.41) is 1.09. The topological polar surface area (TPSA) is 47.4 Å². The number of rotatable bonds is 3. The molecule has 0 aromatic carbocycles. The second kappa shape index (κ2) is 6.93. The monoisotopic (exact) mass is 327 g/mol. The molecule has 0 N–H and O–H groups in total. The molecular formula is C19H25N3O2. The van der Waals surface area contributed by atoms with Crippen molar-refractivity contribution in [2.75, 3.05) is 19.7 Å². The Labute approximate surface area is 142 Å². The molecule has 4 heterocycles. The summed E-state index contributed by atoms with van der Waals surface area (Å²) in [5.41, 5.74) is 2.00. The Morgan fingerprint density at radius 3 is 2.79 bits per heavy atom. The second-order valence-electron chi connectivity index (χ2n) is 6.87. The van der Waals surface area contributed by atoms with E-state index in [1.54, 1.807) is 6.20 Å². The van der Waals surface area contributed by atoms with Crippen LogP contribution >= 0.6 is 0 Å². The molecule has 2 aliphatic heterocycles. The first-order valence-corrected chi connectivity index (χ1v) is 9.16. The van der Waals surface area contributed by atoms with E-state index >= 15 is 0 Å². The minimum Gasteiger partial charge on any atom is -0.372 e. The van der Waals surface area contributed by atoms with Crippen LogP contribution in [0.5, 0.6) is 0 Å². The van der Waals surface area contributed by atoms with E-state index in [1.807, 2.05) is 11.0 Å². The third kappa shape index (κ3) is 3.05. The fraction of sp³-hybridized carbons (Fsp3) is 0.579. The van der Waals surface area contributed by atoms with E-state index in [9.17, 15) is 4.79 Å². The van der Waals surface area contributed by atoms with Gasteiger partial charge in [-0.3, -0.25) is 4.79 Å². The van der Waals surface area contributed by atoms with Gasteiger partial charge in [0.2, 0.25) is 5.91 Å². The van der Waals surface area contributed by atoms with Crippen LogP contribution in [0.15, 0.2) is 24.4 Å². The number of amides is 1. The summed E-state index contributed by atoms with van der Waals surface area (Å²) in [6, 6.07) is 6.16. The van der Waals surface area contributed by atoms with Crippen LogP contribution < -0.4 is 0 Å². The molecule has 2 fully saturated rings. The Morgan fingerprint density at radius 2 is 2.04 bits per heavy atom. The van der Waals surface area contributed by atoms with Crippen LogP contribution in [-0.4, -0.2) is 40.1 Å². The molecule has 2 saturated heterocycles. The highest BCUT2D eigenvalue weighted by Crippen LogP contribution is 2.32. The Bertz CT molecular complexity index is 710. The Morgan fingerprint density at radius 1 is 1.21 bits per heavy atom. The van der Waals surface area contributed by atoms with Crippen molar-refractivity contribution in [3.05, 3.63) is 30.1 Å². The van der Waals surface area contributed by atoms with E-state index in [0.29, 0.717) is 6.54 Å². The van der Waals surface area contributed by atoms with Crippen molar-refractivity contribution in [1.29, 1.82) is 0 Å². The van der Waals surface area contributed by atoms with Gasteiger partial charge in [-0.25, -0.2) is 4.98 Å². The highest BCUT2D eigenvalue weighted by molar-refractivity contribution is 5.82. The fourth-order valence-corrected chi connectivity index (χ4v) is 3.91. The molecule has 0 bridgehead atoms. The van der Waals surface area contributed by atoms with Crippen LogP contribution in [0.1, 0.15) is 50.3 Å². The highest BCUT2D eigenvalue weighted by atomic mass is 16.5. The van der Waals surface area contributed by atoms with Crippen molar-refractivity contribution in [2.45, 2.75) is 51.2 Å². The van der Waals surface area contributed by atoms with E-state index in [4.69, 9.17) is 4.74 Å². The molecule has 0 saturated carbocycles. The molecule has 1 atom stereocenters. The normalized spacial score (nSPS) is 22.0. The van der Waals surface area contributed by atoms with E-state index in [0.717, 1.165) is 62.1 Å². The Balaban J connectivity index is 1.64. The van der Waals surface area contributed by atoms with Crippen molar-refractivity contribution < 1.29 is 9.53 Å². The summed E-state index contributed by atoms with van der Waals surface area (Å²) in [5.74, 6) is 0.208. The van der Waals surface area contributed by atoms with Gasteiger partial charge in [-0.15, -0.1) is 0 Å². The summed E-state index contributed by atoms with van der Waals surface area (Å²) in [4.78, 5) is 19.4. The number of fused-ring (bicyclic) bond motifs is 1. The first kappa shape index (κ1) is 15.6. The van der Waals surface area contributed by atoms with E-state index in [1.165, 1.54) is 12.8 Å². The summed E-state index contributed by atoms with van der Waals surface area (Å²) in [7, 11) is 0. The molecule has 128 valence electrons. The van der Waals surface area contributed by atoms with E-state index in [2.05, 4.69) is 21.7 Å². The van der Waals surface area contributed by atoms with E-state index < -0.39 is 0 Å². The predicted molar refractivity (Wildman–Crippen MR) is 92.7 cm³/mol. The zero-order valence-electron chi connectivity index (χ0n) is 14.1. The molecule has 0 aliphatic carbocycles. The molecule has 2 aromatic heterocycles. The molecule has 0 radical (unpaired) electrons. The smallest absolute Gasteiger partial charge is 0.242 e. The number of carbonyl (C=O) groups excluding carboxylic acids is 1. The van der Waals surface area contributed by atoms with Crippen molar-refractivity contribution >= 4 is 16.9 Å². The molecular weight excluding hydrogens is 302 g/mol. The SMILES string of the molecule is O=C(Cn1c([C@H]2CCCO2)cc2cccnc21)N1CCCCCC1. The molecule has 4 rings (SSSR count). The van der Waals surface area contributed by atoms with Crippen LogP contribution in [0, 0.1) is 0 Å². The van der Waals surface area contributed by atoms with Gasteiger partial charge in [0.1, 0.15) is 12.2 Å². The molecule has 0 spiro atoms. The summed E-state index contributed by atoms with van der Waals surface area (Å²) in [6.07, 6.45) is 8.71. The number of nitrogens with zero attached hydrogens (tertiary/aromatic N) is 3. The number of aromatic nitrogens is 2. The lowest BCUT2D eigenvalue weighted by atomic mass is 10.2. The van der Waals surface area contributed by atoms with Crippen LogP contribution in [0.25, 0.3) is 11.0 Å². The molecule has 0 unspecified atom stereocenters. The zero-order valence-corrected chi connectivity index (χ0v) is 14.1. The summed E-state index contributed by atoms with van der Waals surface area (Å²) in [6.45, 7) is 2.96. The minimum atomic E-state index is 0.0936. The molecule has 5 heteroatoms. The maximum atomic E-state index is 12.9. The van der Waals surface area contributed by atoms with E-state index in [-0.39, 0.29) is 12.0 Å². The van der Waals surface area contributed by atoms with Crippen LogP contribution in [0.2, 0.25) is 0 Å². The van der Waals surface area contributed by atoms with Crippen molar-refractivity contribution in [2.24, 2.45) is 0 Å². The van der Waals surface area contributed by atoms with Gasteiger partial charge in [-0.05, 0) is 43.9 Å². The average Bonchev–Trinajstić information content (AvgIpc) is 3.16. The van der Waals surface area contributed by atoms with Crippen molar-refractivity contribution in [3.8, 4) is 0 Å². The molecule has 1 amide bonds. The van der Waals surface area contributed by atoms with Gasteiger partial charge in [0.15, 0.2) is 0 Å². The summed E-state index contributed by atoms with van der Waals surface area (Å²) < 4.78 is 7.96. The highest BCUT2D eigenvalue weighted by Gasteiger charge is 2.25. The van der Waals surface area contributed by atoms with Gasteiger partial charge < -0.3 is 14.2 Å². The fourth-order valence-electron chi connectivity index (χ4n) is 3.91. The lowest BCUT2D eigenvalue weighted by molar-refractivity contribution is -0.131. The van der Waals surface area contributed by atoms with Gasteiger partial charge >= 0.3 is 0 Å². The number of likely N-dealkylation sites (tertiary alicyclic amines) is 1. The van der Waals surface area contributed by atoms with Gasteiger partial charge in [0.25, 0.3) is 0 Å². The second-order valence-corrected chi connectivity index (χ2v) is 6.87. The van der Waals surface area contributed by atoms with Gasteiger partial charge in [0.05, 0.1) is 6.10 Å². The molecule has 5 nitrogen and oxygen atoms in total. The quantitative estimate of drug-likeness (QED) is 0.869. The third-order valence-corrected chi connectivity index (χ3v) is 5.20. The van der Waals surface area contributed by atoms with Crippen LogP contribution in [0.3, 0.4) is 0 Å². The largest absolute Gasteiger partial charge is 0.372 e. The van der Waals surface area contributed by atoms with Gasteiger partial charge in [0, 0.05) is 37.0 Å². The van der Waals surface area contributed by atoms with Crippen molar-refractivity contribution in [3.63, 3.8) is 0 Å². The first-order chi connectivity index (χ1) is 11.8. The molecule has 24 heavy (non-hydrogen) atoms. The Hall–Kier alpha value is -1.88. The maximum absolute atomic E-state index is 12.9. The van der Waals surface area contributed by atoms with Gasteiger partial charge in [-0.1, -0.05) is 12.8 Å². The minimum absolute atomic E-state index is 0.0936. The van der Waals surface area contributed by atoms with Gasteiger partial charge in [-0.2, -0.15) is 0 Å². The van der Waals surface area contributed by atoms with Crippen LogP contribution in [-0.2, 0) is 16.1 Å². The molecule has 2 aromatic rings. The lowest BCUT2D eigenvalue weighted by Gasteiger charge is -2.22. The third-order valence-electron chi connectivity index (χ3n) is 5.20. The number of carbonyl (C=O) groups is 1. The number of ether oxygens (including phenoxy) is 1. The number of hydrogen-bond donors (Lipinski definition) is 0. The molecule has 2 aliphatic rings. The first-order valence-electron chi connectivity index (χ1n) is 9.16. The zero-order chi connectivity index (χ0) is 16.4.